The molecule has 0 unspecified atom stereocenters. The van der Waals surface area contributed by atoms with Gasteiger partial charge in [-0.2, -0.15) is 0 Å². The molecule has 0 radical (unpaired) electrons. The van der Waals surface area contributed by atoms with E-state index in [1.165, 1.54) is 10.8 Å². The first-order valence-electron chi connectivity index (χ1n) is 3.58. The molecule has 12 heavy (non-hydrogen) atoms. The number of aromatic nitrogens is 2. The van der Waals surface area contributed by atoms with Gasteiger partial charge in [0.2, 0.25) is 0 Å². The quantitative estimate of drug-likeness (QED) is 0.643. The number of nitrogens with zero attached hydrogens (tertiary/aromatic N) is 1. The highest BCUT2D eigenvalue weighted by Gasteiger charge is 1.96. The summed E-state index contributed by atoms with van der Waals surface area (Å²) in [6.07, 6.45) is 4.90. The van der Waals surface area contributed by atoms with E-state index < -0.39 is 5.69 Å². The predicted octanol–water partition coefficient (Wildman–Crippen LogP) is 0.107. The van der Waals surface area contributed by atoms with Crippen LogP contribution in [0.1, 0.15) is 12.5 Å². The van der Waals surface area contributed by atoms with E-state index in [-0.39, 0.29) is 5.56 Å². The van der Waals surface area contributed by atoms with Crippen molar-refractivity contribution < 1.29 is 0 Å². The van der Waals surface area contributed by atoms with Gasteiger partial charge in [-0.1, -0.05) is 12.2 Å². The highest BCUT2D eigenvalue weighted by molar-refractivity contribution is 5.45. The SMILES string of the molecule is C/C=C/c1cn(C)c(=O)[nH]c1=O. The second-order valence-corrected chi connectivity index (χ2v) is 2.45. The Kier molecular flexibility index (Phi) is 2.28. The van der Waals surface area contributed by atoms with Crippen LogP contribution in [-0.4, -0.2) is 9.55 Å². The van der Waals surface area contributed by atoms with Crippen LogP contribution in [0, 0.1) is 0 Å². The van der Waals surface area contributed by atoms with Gasteiger partial charge in [0.25, 0.3) is 5.56 Å². The molecule has 1 aromatic rings. The minimum atomic E-state index is -0.395. The van der Waals surface area contributed by atoms with Crippen molar-refractivity contribution in [3.8, 4) is 0 Å². The number of rotatable bonds is 1. The third-order valence-electron chi connectivity index (χ3n) is 1.48. The Hall–Kier alpha value is -1.58. The van der Waals surface area contributed by atoms with Gasteiger partial charge in [-0.3, -0.25) is 9.78 Å². The molecule has 0 bridgehead atoms. The molecule has 0 spiro atoms. The molecular weight excluding hydrogens is 156 g/mol. The lowest BCUT2D eigenvalue weighted by atomic mass is 10.3. The molecule has 0 aliphatic carbocycles. The Morgan fingerprint density at radius 3 is 2.75 bits per heavy atom. The average Bonchev–Trinajstić information content (AvgIpc) is 2.01. The normalized spacial score (nSPS) is 10.8. The lowest BCUT2D eigenvalue weighted by Crippen LogP contribution is -2.28. The summed E-state index contributed by atoms with van der Waals surface area (Å²) in [4.78, 5) is 24.1. The Balaban J connectivity index is 3.43. The summed E-state index contributed by atoms with van der Waals surface area (Å²) in [7, 11) is 1.59. The van der Waals surface area contributed by atoms with Crippen molar-refractivity contribution in [1.29, 1.82) is 0 Å². The van der Waals surface area contributed by atoms with Crippen LogP contribution in [0.5, 0.6) is 0 Å². The summed E-state index contributed by atoms with van der Waals surface area (Å²) in [6, 6.07) is 0. The highest BCUT2D eigenvalue weighted by atomic mass is 16.2. The second-order valence-electron chi connectivity index (χ2n) is 2.45. The average molecular weight is 166 g/mol. The molecule has 0 aromatic carbocycles. The summed E-state index contributed by atoms with van der Waals surface area (Å²) in [5, 5.41) is 0. The van der Waals surface area contributed by atoms with Crippen LogP contribution in [0.3, 0.4) is 0 Å². The Morgan fingerprint density at radius 1 is 1.50 bits per heavy atom. The van der Waals surface area contributed by atoms with Crippen LogP contribution >= 0.6 is 0 Å². The number of aryl methyl sites for hydroxylation is 1. The number of H-pyrrole nitrogens is 1. The Bertz CT molecular complexity index is 412. The molecule has 0 saturated heterocycles. The number of aromatic amines is 1. The summed E-state index contributed by atoms with van der Waals surface area (Å²) in [6.45, 7) is 1.81. The van der Waals surface area contributed by atoms with Crippen molar-refractivity contribution in [3.05, 3.63) is 38.7 Å². The van der Waals surface area contributed by atoms with Crippen molar-refractivity contribution in [2.75, 3.05) is 0 Å². The van der Waals surface area contributed by atoms with Gasteiger partial charge in [-0.05, 0) is 6.92 Å². The minimum absolute atomic E-state index is 0.351. The zero-order valence-corrected chi connectivity index (χ0v) is 7.00. The van der Waals surface area contributed by atoms with Gasteiger partial charge in [-0.15, -0.1) is 0 Å². The van der Waals surface area contributed by atoms with Crippen LogP contribution in [0.2, 0.25) is 0 Å². The van der Waals surface area contributed by atoms with Crippen molar-refractivity contribution in [2.45, 2.75) is 6.92 Å². The summed E-state index contributed by atoms with van der Waals surface area (Å²) < 4.78 is 1.33. The van der Waals surface area contributed by atoms with Gasteiger partial charge in [0, 0.05) is 13.2 Å². The predicted molar refractivity (Wildman–Crippen MR) is 47.0 cm³/mol. The molecule has 0 aliphatic rings. The lowest BCUT2D eigenvalue weighted by Gasteiger charge is -1.96. The van der Waals surface area contributed by atoms with E-state index in [0.717, 1.165) is 0 Å². The van der Waals surface area contributed by atoms with Crippen LogP contribution < -0.4 is 11.2 Å². The Morgan fingerprint density at radius 2 is 2.17 bits per heavy atom. The van der Waals surface area contributed by atoms with Crippen LogP contribution in [0.25, 0.3) is 6.08 Å². The molecule has 0 fully saturated rings. The third-order valence-corrected chi connectivity index (χ3v) is 1.48. The fraction of sp³-hybridized carbons (Fsp3) is 0.250. The first-order valence-corrected chi connectivity index (χ1v) is 3.58. The number of hydrogen-bond donors (Lipinski definition) is 1. The topological polar surface area (TPSA) is 54.9 Å². The van der Waals surface area contributed by atoms with E-state index in [4.69, 9.17) is 0 Å². The van der Waals surface area contributed by atoms with E-state index >= 15 is 0 Å². The first-order chi connectivity index (χ1) is 5.65. The standard InChI is InChI=1S/C8H10N2O2/c1-3-4-6-5-10(2)8(12)9-7(6)11/h3-5H,1-2H3,(H,9,11,12)/b4-3+. The maximum atomic E-state index is 11.1. The molecule has 1 N–H and O–H groups in total. The zero-order valence-electron chi connectivity index (χ0n) is 7.00. The largest absolute Gasteiger partial charge is 0.328 e. The molecule has 1 heterocycles. The molecule has 1 rings (SSSR count). The third kappa shape index (κ3) is 1.53. The number of hydrogen-bond acceptors (Lipinski definition) is 2. The molecule has 0 atom stereocenters. The Labute approximate surface area is 69.2 Å². The smallest absolute Gasteiger partial charge is 0.303 e. The molecule has 1 aromatic heterocycles. The van der Waals surface area contributed by atoms with Gasteiger partial charge in [0.15, 0.2) is 0 Å². The van der Waals surface area contributed by atoms with Crippen LogP contribution in [-0.2, 0) is 7.05 Å². The molecule has 4 nitrogen and oxygen atoms in total. The maximum absolute atomic E-state index is 11.1. The zero-order chi connectivity index (χ0) is 9.14. The van der Waals surface area contributed by atoms with Crippen LogP contribution in [0.15, 0.2) is 21.9 Å². The minimum Gasteiger partial charge on any atom is -0.303 e. The summed E-state index contributed by atoms with van der Waals surface area (Å²) >= 11 is 0. The van der Waals surface area contributed by atoms with Crippen molar-refractivity contribution in [1.82, 2.24) is 9.55 Å². The van der Waals surface area contributed by atoms with Crippen molar-refractivity contribution in [2.24, 2.45) is 7.05 Å². The summed E-state index contributed by atoms with van der Waals surface area (Å²) in [5.41, 5.74) is -0.260. The van der Waals surface area contributed by atoms with Gasteiger partial charge >= 0.3 is 5.69 Å². The fourth-order valence-electron chi connectivity index (χ4n) is 0.882. The molecule has 0 saturated carbocycles. The highest BCUT2D eigenvalue weighted by Crippen LogP contribution is 1.89. The number of allylic oxidation sites excluding steroid dienone is 1. The molecule has 0 amide bonds. The van der Waals surface area contributed by atoms with Gasteiger partial charge < -0.3 is 4.57 Å². The maximum Gasteiger partial charge on any atom is 0.328 e. The molecular formula is C8H10N2O2. The fourth-order valence-corrected chi connectivity index (χ4v) is 0.882. The van der Waals surface area contributed by atoms with E-state index in [2.05, 4.69) is 4.98 Å². The molecule has 4 heteroatoms. The van der Waals surface area contributed by atoms with Crippen molar-refractivity contribution in [3.63, 3.8) is 0 Å². The first kappa shape index (κ1) is 8.52. The molecule has 64 valence electrons. The van der Waals surface area contributed by atoms with E-state index in [0.29, 0.717) is 5.56 Å². The van der Waals surface area contributed by atoms with Crippen LogP contribution in [0.4, 0.5) is 0 Å². The lowest BCUT2D eigenvalue weighted by molar-refractivity contribution is 0.796. The van der Waals surface area contributed by atoms with E-state index in [9.17, 15) is 9.59 Å². The molecule has 0 aliphatic heterocycles. The van der Waals surface area contributed by atoms with Crippen molar-refractivity contribution >= 4 is 6.08 Å². The monoisotopic (exact) mass is 166 g/mol. The van der Waals surface area contributed by atoms with Gasteiger partial charge in [0.1, 0.15) is 0 Å². The second kappa shape index (κ2) is 3.21. The van der Waals surface area contributed by atoms with E-state index in [1.807, 2.05) is 6.92 Å². The van der Waals surface area contributed by atoms with Gasteiger partial charge in [-0.25, -0.2) is 4.79 Å². The number of nitrogens with one attached hydrogen (secondary N) is 1. The van der Waals surface area contributed by atoms with Gasteiger partial charge in [0.05, 0.1) is 5.56 Å². The van der Waals surface area contributed by atoms with E-state index in [1.54, 1.807) is 19.2 Å². The summed E-state index contributed by atoms with van der Waals surface area (Å²) in [5.74, 6) is 0.